The van der Waals surface area contributed by atoms with E-state index in [0.717, 1.165) is 41.4 Å². The lowest BCUT2D eigenvalue weighted by molar-refractivity contribution is 0.637. The largest absolute Gasteiger partial charge is 0.249 e. The lowest BCUT2D eigenvalue weighted by atomic mass is 10.0. The first-order chi connectivity index (χ1) is 16.5. The Morgan fingerprint density at radius 1 is 0.647 bits per heavy atom. The van der Waals surface area contributed by atoms with Crippen molar-refractivity contribution in [3.8, 4) is 0 Å². The van der Waals surface area contributed by atoms with Gasteiger partial charge < -0.3 is 0 Å². The molecule has 1 unspecified atom stereocenters. The van der Waals surface area contributed by atoms with Crippen LogP contribution in [0.5, 0.6) is 0 Å². The van der Waals surface area contributed by atoms with Gasteiger partial charge in [-0.1, -0.05) is 87.7 Å². The fraction of sp³-hybridized carbons (Fsp3) is 0.143. The van der Waals surface area contributed by atoms with Gasteiger partial charge in [-0.25, -0.2) is 12.7 Å². The lowest BCUT2D eigenvalue weighted by Gasteiger charge is -2.10. The first-order valence-corrected chi connectivity index (χ1v) is 14.1. The molecular formula is C28H24BrNO2S2. The van der Waals surface area contributed by atoms with E-state index in [2.05, 4.69) is 22.0 Å². The maximum Gasteiger partial charge on any atom is 0.128 e. The molecule has 1 aliphatic heterocycles. The minimum absolute atomic E-state index is 0.0890. The number of halogens is 1. The molecule has 0 saturated carbocycles. The Hall–Kier alpha value is -2.38. The van der Waals surface area contributed by atoms with Gasteiger partial charge in [0.25, 0.3) is 0 Å². The van der Waals surface area contributed by atoms with E-state index in [4.69, 9.17) is 0 Å². The van der Waals surface area contributed by atoms with Crippen LogP contribution in [0.2, 0.25) is 0 Å². The van der Waals surface area contributed by atoms with Gasteiger partial charge in [-0.15, -0.1) is 0 Å². The maximum absolute atomic E-state index is 13.7. The SMILES string of the molecule is Cc1ccc([S@](=O)c2ccccc2[C@H]2[C@H](c3ccccc3Br)N2[S@](=O)c2ccc(C)cc2)cc1. The predicted octanol–water partition coefficient (Wildman–Crippen LogP) is 7.05. The minimum atomic E-state index is -1.36. The molecule has 1 heterocycles. The standard InChI is InChI=1S/C28H24BrNO2S2/c1-19-11-15-21(16-12-19)33(31)26-10-6-4-8-24(26)28-27(23-7-3-5-9-25(23)29)30(28)34(32)22-17-13-20(2)14-18-22/h3-18,27-28H,1-2H3/t27-,28-,30?,33-,34+/m0/s1. The van der Waals surface area contributed by atoms with Crippen LogP contribution in [0.4, 0.5) is 0 Å². The van der Waals surface area contributed by atoms with Gasteiger partial charge in [0, 0.05) is 14.3 Å². The van der Waals surface area contributed by atoms with Crippen molar-refractivity contribution in [2.24, 2.45) is 0 Å². The smallest absolute Gasteiger partial charge is 0.128 e. The predicted molar refractivity (Wildman–Crippen MR) is 141 cm³/mol. The monoisotopic (exact) mass is 549 g/mol. The molecule has 6 heteroatoms. The van der Waals surface area contributed by atoms with Gasteiger partial charge in [0.2, 0.25) is 0 Å². The number of rotatable bonds is 6. The van der Waals surface area contributed by atoms with Crippen LogP contribution in [0.1, 0.15) is 34.3 Å². The Kier molecular flexibility index (Phi) is 6.67. The van der Waals surface area contributed by atoms with Gasteiger partial charge in [-0.2, -0.15) is 0 Å². The Morgan fingerprint density at radius 3 is 1.76 bits per heavy atom. The second-order valence-corrected chi connectivity index (χ2v) is 12.1. The van der Waals surface area contributed by atoms with E-state index in [-0.39, 0.29) is 12.1 Å². The zero-order valence-electron chi connectivity index (χ0n) is 18.9. The summed E-state index contributed by atoms with van der Waals surface area (Å²) in [6, 6.07) is 31.3. The lowest BCUT2D eigenvalue weighted by Crippen LogP contribution is -2.06. The maximum atomic E-state index is 13.7. The fourth-order valence-electron chi connectivity index (χ4n) is 4.21. The number of aryl methyl sites for hydroxylation is 2. The summed E-state index contributed by atoms with van der Waals surface area (Å²) in [6.45, 7) is 4.04. The molecule has 0 bridgehead atoms. The van der Waals surface area contributed by atoms with Crippen molar-refractivity contribution in [2.75, 3.05) is 0 Å². The van der Waals surface area contributed by atoms with Gasteiger partial charge in [-0.3, -0.25) is 0 Å². The van der Waals surface area contributed by atoms with Crippen LogP contribution >= 0.6 is 15.9 Å². The van der Waals surface area contributed by atoms with E-state index < -0.39 is 21.8 Å². The molecule has 34 heavy (non-hydrogen) atoms. The first kappa shape index (κ1) is 23.4. The average Bonchev–Trinajstić information content (AvgIpc) is 3.59. The molecule has 0 spiro atoms. The molecule has 5 atom stereocenters. The molecule has 1 fully saturated rings. The summed E-state index contributed by atoms with van der Waals surface area (Å²) in [5, 5.41) is 0. The average molecular weight is 551 g/mol. The Labute approximate surface area is 214 Å². The molecule has 0 aromatic heterocycles. The van der Waals surface area contributed by atoms with Gasteiger partial charge in [0.05, 0.1) is 27.8 Å². The second-order valence-electron chi connectivity index (χ2n) is 8.45. The molecule has 4 aromatic rings. The summed E-state index contributed by atoms with van der Waals surface area (Å²) in [6.07, 6.45) is 0. The zero-order chi connectivity index (χ0) is 23.8. The molecule has 4 aromatic carbocycles. The highest BCUT2D eigenvalue weighted by Gasteiger charge is 2.55. The van der Waals surface area contributed by atoms with E-state index in [1.165, 1.54) is 0 Å². The zero-order valence-corrected chi connectivity index (χ0v) is 22.1. The third-order valence-electron chi connectivity index (χ3n) is 6.07. The third kappa shape index (κ3) is 4.48. The van der Waals surface area contributed by atoms with E-state index in [0.29, 0.717) is 0 Å². The molecule has 1 aliphatic rings. The highest BCUT2D eigenvalue weighted by Crippen LogP contribution is 2.59. The Bertz CT molecular complexity index is 1390. The quantitative estimate of drug-likeness (QED) is 0.241. The molecule has 5 rings (SSSR count). The van der Waals surface area contributed by atoms with Crippen LogP contribution in [-0.2, 0) is 21.8 Å². The molecule has 0 amide bonds. The molecule has 1 saturated heterocycles. The first-order valence-electron chi connectivity index (χ1n) is 11.0. The van der Waals surface area contributed by atoms with Gasteiger partial charge in [-0.05, 0) is 61.4 Å². The highest BCUT2D eigenvalue weighted by molar-refractivity contribution is 9.10. The van der Waals surface area contributed by atoms with Crippen molar-refractivity contribution in [3.05, 3.63) is 124 Å². The van der Waals surface area contributed by atoms with E-state index >= 15 is 0 Å². The van der Waals surface area contributed by atoms with E-state index in [1.54, 1.807) is 0 Å². The van der Waals surface area contributed by atoms with E-state index in [1.807, 2.05) is 109 Å². The molecule has 172 valence electrons. The summed E-state index contributed by atoms with van der Waals surface area (Å²) < 4.78 is 30.3. The number of nitrogens with zero attached hydrogens (tertiary/aromatic N) is 1. The number of hydrogen-bond donors (Lipinski definition) is 0. The Balaban J connectivity index is 1.58. The fourth-order valence-corrected chi connectivity index (χ4v) is 7.40. The van der Waals surface area contributed by atoms with Crippen LogP contribution in [0, 0.1) is 13.8 Å². The van der Waals surface area contributed by atoms with Crippen LogP contribution in [0.15, 0.2) is 116 Å². The van der Waals surface area contributed by atoms with Crippen LogP contribution in [0.3, 0.4) is 0 Å². The van der Waals surface area contributed by atoms with E-state index in [9.17, 15) is 8.42 Å². The molecule has 0 radical (unpaired) electrons. The Morgan fingerprint density at radius 2 is 1.15 bits per heavy atom. The third-order valence-corrected chi connectivity index (χ3v) is 9.77. The molecule has 0 N–H and O–H groups in total. The van der Waals surface area contributed by atoms with Crippen molar-refractivity contribution in [1.29, 1.82) is 0 Å². The van der Waals surface area contributed by atoms with Gasteiger partial charge >= 0.3 is 0 Å². The number of benzene rings is 4. The topological polar surface area (TPSA) is 37.1 Å². The summed E-state index contributed by atoms with van der Waals surface area (Å²) in [7, 11) is -2.69. The number of hydrogen-bond acceptors (Lipinski definition) is 2. The van der Waals surface area contributed by atoms with Crippen LogP contribution in [-0.4, -0.2) is 12.7 Å². The molecular weight excluding hydrogens is 526 g/mol. The van der Waals surface area contributed by atoms with Crippen molar-refractivity contribution >= 4 is 37.7 Å². The highest BCUT2D eigenvalue weighted by atomic mass is 79.9. The summed E-state index contributed by atoms with van der Waals surface area (Å²) in [4.78, 5) is 2.29. The van der Waals surface area contributed by atoms with Crippen LogP contribution in [0.25, 0.3) is 0 Å². The van der Waals surface area contributed by atoms with Gasteiger partial charge in [0.1, 0.15) is 11.0 Å². The van der Waals surface area contributed by atoms with Gasteiger partial charge in [0.15, 0.2) is 0 Å². The molecule has 3 nitrogen and oxygen atoms in total. The van der Waals surface area contributed by atoms with Crippen molar-refractivity contribution in [1.82, 2.24) is 4.31 Å². The van der Waals surface area contributed by atoms with Crippen LogP contribution < -0.4 is 0 Å². The molecule has 0 aliphatic carbocycles. The van der Waals surface area contributed by atoms with Crippen molar-refractivity contribution in [3.63, 3.8) is 0 Å². The summed E-state index contributed by atoms with van der Waals surface area (Å²) >= 11 is 3.68. The normalized spacial score (nSPS) is 21.1. The van der Waals surface area contributed by atoms with Crippen molar-refractivity contribution < 1.29 is 8.42 Å². The minimum Gasteiger partial charge on any atom is -0.249 e. The second kappa shape index (κ2) is 9.70. The summed E-state index contributed by atoms with van der Waals surface area (Å²) in [5.41, 5.74) is 4.28. The summed E-state index contributed by atoms with van der Waals surface area (Å²) in [5.74, 6) is 0. The van der Waals surface area contributed by atoms with Crippen molar-refractivity contribution in [2.45, 2.75) is 40.6 Å².